The molecule has 32 heavy (non-hydrogen) atoms. The molecule has 0 bridgehead atoms. The molecular weight excluding hydrogens is 392 g/mol. The molecule has 0 aromatic heterocycles. The summed E-state index contributed by atoms with van der Waals surface area (Å²) in [7, 11) is 1.93. The molecule has 184 valence electrons. The van der Waals surface area contributed by atoms with Crippen molar-refractivity contribution in [3.05, 3.63) is 11.6 Å². The molecule has 3 saturated carbocycles. The highest BCUT2D eigenvalue weighted by Gasteiger charge is 2.61. The first-order valence-corrected chi connectivity index (χ1v) is 14.1. The molecule has 1 N–H and O–H groups in total. The summed E-state index contributed by atoms with van der Waals surface area (Å²) < 4.78 is 6.20. The number of hydrogen-bond acceptors (Lipinski definition) is 2. The second-order valence-electron chi connectivity index (χ2n) is 13.2. The predicted molar refractivity (Wildman–Crippen MR) is 134 cm³/mol. The van der Waals surface area contributed by atoms with Crippen molar-refractivity contribution in [1.82, 2.24) is 0 Å². The van der Waals surface area contributed by atoms with E-state index in [0.717, 1.165) is 54.8 Å². The van der Waals surface area contributed by atoms with Crippen molar-refractivity contribution in [2.75, 3.05) is 7.11 Å². The third-order valence-corrected chi connectivity index (χ3v) is 11.6. The number of hydrogen-bond donors (Lipinski definition) is 1. The van der Waals surface area contributed by atoms with Crippen molar-refractivity contribution in [3.8, 4) is 0 Å². The molecule has 0 aliphatic heterocycles. The molecule has 4 aliphatic carbocycles. The molecule has 0 heterocycles. The molecule has 0 radical (unpaired) electrons. The highest BCUT2D eigenvalue weighted by molar-refractivity contribution is 5.28. The van der Waals surface area contributed by atoms with E-state index in [1.54, 1.807) is 0 Å². The molecule has 4 rings (SSSR count). The maximum atomic E-state index is 10.4. The van der Waals surface area contributed by atoms with Crippen LogP contribution < -0.4 is 0 Å². The first-order valence-electron chi connectivity index (χ1n) is 14.1. The zero-order chi connectivity index (χ0) is 23.3. The van der Waals surface area contributed by atoms with Gasteiger partial charge in [0.15, 0.2) is 0 Å². The second-order valence-corrected chi connectivity index (χ2v) is 13.2. The first kappa shape index (κ1) is 24.8. The summed E-state index contributed by atoms with van der Waals surface area (Å²) >= 11 is 0. The summed E-state index contributed by atoms with van der Waals surface area (Å²) in [6, 6.07) is 0. The van der Waals surface area contributed by atoms with Crippen LogP contribution in [0, 0.1) is 52.3 Å². The van der Waals surface area contributed by atoms with Gasteiger partial charge >= 0.3 is 0 Å². The van der Waals surface area contributed by atoms with Gasteiger partial charge in [-0.2, -0.15) is 0 Å². The van der Waals surface area contributed by atoms with Crippen molar-refractivity contribution in [2.24, 2.45) is 52.3 Å². The van der Waals surface area contributed by atoms with Gasteiger partial charge in [0.25, 0.3) is 0 Å². The predicted octanol–water partition coefficient (Wildman–Crippen LogP) is 7.65. The monoisotopic (exact) mass is 444 g/mol. The van der Waals surface area contributed by atoms with Crippen molar-refractivity contribution < 1.29 is 9.84 Å². The average Bonchev–Trinajstić information content (AvgIpc) is 3.11. The highest BCUT2D eigenvalue weighted by atomic mass is 16.5. The number of aliphatic hydroxyl groups excluding tert-OH is 1. The Labute approximate surface area is 199 Å². The lowest BCUT2D eigenvalue weighted by molar-refractivity contribution is -0.106. The van der Waals surface area contributed by atoms with Crippen LogP contribution in [-0.4, -0.2) is 24.4 Å². The Morgan fingerprint density at radius 1 is 1.03 bits per heavy atom. The van der Waals surface area contributed by atoms with Gasteiger partial charge in [0.05, 0.1) is 12.2 Å². The maximum Gasteiger partial charge on any atom is 0.0788 e. The molecule has 0 aromatic rings. The van der Waals surface area contributed by atoms with Crippen molar-refractivity contribution >= 4 is 0 Å². The molecule has 0 aromatic carbocycles. The summed E-state index contributed by atoms with van der Waals surface area (Å²) in [5.74, 6) is 5.62. The molecular formula is C30H52O2. The molecule has 10 atom stereocenters. The summed E-state index contributed by atoms with van der Waals surface area (Å²) in [5, 5.41) is 10.4. The van der Waals surface area contributed by atoms with Gasteiger partial charge in [0.1, 0.15) is 0 Å². The Kier molecular flexibility index (Phi) is 7.25. The van der Waals surface area contributed by atoms with E-state index in [1.165, 1.54) is 50.5 Å². The third-order valence-electron chi connectivity index (χ3n) is 11.6. The van der Waals surface area contributed by atoms with E-state index in [9.17, 15) is 5.11 Å². The van der Waals surface area contributed by atoms with Crippen LogP contribution in [0.25, 0.3) is 0 Å². The Hall–Kier alpha value is -0.340. The maximum absolute atomic E-state index is 10.4. The van der Waals surface area contributed by atoms with E-state index < -0.39 is 0 Å². The van der Waals surface area contributed by atoms with Crippen LogP contribution in [0.4, 0.5) is 0 Å². The van der Waals surface area contributed by atoms with E-state index in [-0.39, 0.29) is 17.6 Å². The Bertz CT molecular complexity index is 682. The minimum Gasteiger partial charge on any atom is -0.393 e. The summed E-state index contributed by atoms with van der Waals surface area (Å²) in [5.41, 5.74) is 2.28. The fraction of sp³-hybridized carbons (Fsp3) is 0.933. The zero-order valence-corrected chi connectivity index (χ0v) is 22.2. The van der Waals surface area contributed by atoms with Crippen LogP contribution in [-0.2, 0) is 4.74 Å². The molecule has 2 heteroatoms. The SMILES string of the molecule is CC[C@H](CC[C@@H](C)C1CCC2C3C(OC)C=C4C[C@@H](O)CC[C@]4(C)C3CC[C@@]21C)C(C)C. The summed E-state index contributed by atoms with van der Waals surface area (Å²) in [6.45, 7) is 15.0. The number of aliphatic hydroxyl groups is 1. The number of fused-ring (bicyclic) bond motifs is 5. The van der Waals surface area contributed by atoms with Gasteiger partial charge in [-0.15, -0.1) is 0 Å². The van der Waals surface area contributed by atoms with Gasteiger partial charge in [-0.05, 0) is 104 Å². The van der Waals surface area contributed by atoms with Gasteiger partial charge in [-0.3, -0.25) is 0 Å². The minimum absolute atomic E-state index is 0.147. The largest absolute Gasteiger partial charge is 0.393 e. The normalized spacial score (nSPS) is 45.6. The molecule has 0 spiro atoms. The van der Waals surface area contributed by atoms with E-state index in [0.29, 0.717) is 11.3 Å². The molecule has 0 saturated heterocycles. The highest BCUT2D eigenvalue weighted by Crippen LogP contribution is 2.67. The fourth-order valence-corrected chi connectivity index (χ4v) is 9.49. The standard InChI is InChI=1S/C30H52O2/c1-8-21(19(2)3)10-9-20(4)24-11-12-25-28-26(14-16-30(24,25)6)29(5)15-13-23(31)17-22(29)18-27(28)32-7/h18-21,23-28,31H,8-17H2,1-7H3/t20-,21-,23+,24?,25?,26?,27?,28?,29+,30-/m1/s1. The van der Waals surface area contributed by atoms with Gasteiger partial charge < -0.3 is 9.84 Å². The quantitative estimate of drug-likeness (QED) is 0.409. The molecule has 0 amide bonds. The van der Waals surface area contributed by atoms with Crippen molar-refractivity contribution in [2.45, 2.75) is 118 Å². The molecule has 2 nitrogen and oxygen atoms in total. The number of methoxy groups -OCH3 is 1. The number of ether oxygens (including phenoxy) is 1. The smallest absolute Gasteiger partial charge is 0.0788 e. The topological polar surface area (TPSA) is 29.5 Å². The average molecular weight is 445 g/mol. The zero-order valence-electron chi connectivity index (χ0n) is 22.2. The van der Waals surface area contributed by atoms with E-state index in [2.05, 4.69) is 47.6 Å². The fourth-order valence-electron chi connectivity index (χ4n) is 9.49. The van der Waals surface area contributed by atoms with Gasteiger partial charge in [-0.1, -0.05) is 66.0 Å². The van der Waals surface area contributed by atoms with E-state index in [1.807, 2.05) is 7.11 Å². The Morgan fingerprint density at radius 2 is 1.78 bits per heavy atom. The molecule has 3 fully saturated rings. The minimum atomic E-state index is -0.147. The first-order chi connectivity index (χ1) is 15.2. The Morgan fingerprint density at radius 3 is 2.44 bits per heavy atom. The third kappa shape index (κ3) is 4.04. The van der Waals surface area contributed by atoms with Crippen LogP contribution in [0.3, 0.4) is 0 Å². The summed E-state index contributed by atoms with van der Waals surface area (Å²) in [6.07, 6.45) is 15.3. The van der Waals surface area contributed by atoms with E-state index >= 15 is 0 Å². The number of rotatable bonds is 7. The lowest BCUT2D eigenvalue weighted by atomic mass is 9.46. The van der Waals surface area contributed by atoms with Crippen LogP contribution in [0.15, 0.2) is 11.6 Å². The summed E-state index contributed by atoms with van der Waals surface area (Å²) in [4.78, 5) is 0. The van der Waals surface area contributed by atoms with Crippen LogP contribution in [0.5, 0.6) is 0 Å². The lowest BCUT2D eigenvalue weighted by Crippen LogP contribution is -2.55. The van der Waals surface area contributed by atoms with Gasteiger partial charge in [-0.25, -0.2) is 0 Å². The van der Waals surface area contributed by atoms with Gasteiger partial charge in [0.2, 0.25) is 0 Å². The van der Waals surface area contributed by atoms with Crippen LogP contribution in [0.1, 0.15) is 106 Å². The Balaban J connectivity index is 1.54. The molecule has 4 aliphatic rings. The van der Waals surface area contributed by atoms with Crippen molar-refractivity contribution in [1.29, 1.82) is 0 Å². The lowest BCUT2D eigenvalue weighted by Gasteiger charge is -2.60. The molecule has 5 unspecified atom stereocenters. The van der Waals surface area contributed by atoms with Gasteiger partial charge in [0, 0.05) is 7.11 Å². The second kappa shape index (κ2) is 9.37. The van der Waals surface area contributed by atoms with Crippen LogP contribution in [0.2, 0.25) is 0 Å². The van der Waals surface area contributed by atoms with E-state index in [4.69, 9.17) is 4.74 Å². The van der Waals surface area contributed by atoms with Crippen LogP contribution >= 0.6 is 0 Å². The van der Waals surface area contributed by atoms with Crippen molar-refractivity contribution in [3.63, 3.8) is 0 Å².